The van der Waals surface area contributed by atoms with Crippen molar-refractivity contribution in [2.24, 2.45) is 5.73 Å². The number of rotatable bonds is 8. The van der Waals surface area contributed by atoms with Crippen LogP contribution in [0, 0.1) is 0 Å². The lowest BCUT2D eigenvalue weighted by molar-refractivity contribution is 0.0977. The summed E-state index contributed by atoms with van der Waals surface area (Å²) in [4.78, 5) is 16.2. The number of carbonyl (C=O) groups excluding carboxylic acids is 1. The standard InChI is InChI=1S/C26H29N3O2/c27-26(30)23-11-13-24(14-12-23)31-20-19-28-15-17-29(18-16-28)25(21-7-3-1-4-8-21)22-9-5-2-6-10-22/h1-14,25H,15-20H2,(H2,27,30). The molecule has 31 heavy (non-hydrogen) atoms. The molecule has 3 aromatic rings. The molecule has 5 nitrogen and oxygen atoms in total. The molecule has 1 aliphatic rings. The Hall–Kier alpha value is -3.15. The van der Waals surface area contributed by atoms with Crippen LogP contribution in [0.15, 0.2) is 84.9 Å². The summed E-state index contributed by atoms with van der Waals surface area (Å²) in [5, 5.41) is 0. The third-order valence-electron chi connectivity index (χ3n) is 5.82. The molecule has 0 radical (unpaired) electrons. The molecule has 1 aliphatic heterocycles. The van der Waals surface area contributed by atoms with Crippen LogP contribution in [0.3, 0.4) is 0 Å². The summed E-state index contributed by atoms with van der Waals surface area (Å²) in [7, 11) is 0. The van der Waals surface area contributed by atoms with Crippen LogP contribution >= 0.6 is 0 Å². The predicted molar refractivity (Wildman–Crippen MR) is 123 cm³/mol. The van der Waals surface area contributed by atoms with Crippen LogP contribution in [0.4, 0.5) is 0 Å². The van der Waals surface area contributed by atoms with Gasteiger partial charge in [0.15, 0.2) is 0 Å². The van der Waals surface area contributed by atoms with Gasteiger partial charge in [-0.2, -0.15) is 0 Å². The van der Waals surface area contributed by atoms with Gasteiger partial charge in [0.05, 0.1) is 6.04 Å². The second kappa shape index (κ2) is 10.2. The van der Waals surface area contributed by atoms with E-state index in [1.165, 1.54) is 11.1 Å². The van der Waals surface area contributed by atoms with E-state index in [1.54, 1.807) is 24.3 Å². The van der Waals surface area contributed by atoms with Crippen LogP contribution in [0.1, 0.15) is 27.5 Å². The lowest BCUT2D eigenvalue weighted by Crippen LogP contribution is -2.48. The Labute approximate surface area is 184 Å². The SMILES string of the molecule is NC(=O)c1ccc(OCCN2CCN(C(c3ccccc3)c3ccccc3)CC2)cc1. The molecule has 0 spiro atoms. The lowest BCUT2D eigenvalue weighted by atomic mass is 9.96. The number of carbonyl (C=O) groups is 1. The maximum atomic E-state index is 11.2. The van der Waals surface area contributed by atoms with Crippen molar-refractivity contribution in [1.82, 2.24) is 9.80 Å². The highest BCUT2D eigenvalue weighted by Crippen LogP contribution is 2.29. The normalized spacial score (nSPS) is 15.1. The van der Waals surface area contributed by atoms with Gasteiger partial charge in [-0.15, -0.1) is 0 Å². The number of nitrogens with zero attached hydrogens (tertiary/aromatic N) is 2. The summed E-state index contributed by atoms with van der Waals surface area (Å²) < 4.78 is 5.85. The van der Waals surface area contributed by atoms with Gasteiger partial charge in [-0.25, -0.2) is 0 Å². The number of amides is 1. The van der Waals surface area contributed by atoms with Crippen LogP contribution in [-0.4, -0.2) is 55.0 Å². The van der Waals surface area contributed by atoms with E-state index in [4.69, 9.17) is 10.5 Å². The van der Waals surface area contributed by atoms with E-state index in [-0.39, 0.29) is 6.04 Å². The predicted octanol–water partition coefficient (Wildman–Crippen LogP) is 3.57. The minimum Gasteiger partial charge on any atom is -0.492 e. The van der Waals surface area contributed by atoms with Gasteiger partial charge in [0.1, 0.15) is 12.4 Å². The molecule has 0 unspecified atom stereocenters. The van der Waals surface area contributed by atoms with E-state index in [2.05, 4.69) is 70.5 Å². The Balaban J connectivity index is 1.31. The summed E-state index contributed by atoms with van der Waals surface area (Å²) >= 11 is 0. The van der Waals surface area contributed by atoms with Gasteiger partial charge in [0.25, 0.3) is 0 Å². The number of primary amides is 1. The third-order valence-corrected chi connectivity index (χ3v) is 5.82. The number of piperazine rings is 1. The highest BCUT2D eigenvalue weighted by molar-refractivity contribution is 5.92. The van der Waals surface area contributed by atoms with Gasteiger partial charge in [-0.3, -0.25) is 14.6 Å². The molecule has 0 aromatic heterocycles. The highest BCUT2D eigenvalue weighted by Gasteiger charge is 2.26. The van der Waals surface area contributed by atoms with Crippen molar-refractivity contribution >= 4 is 5.91 Å². The molecule has 1 fully saturated rings. The van der Waals surface area contributed by atoms with E-state index < -0.39 is 5.91 Å². The van der Waals surface area contributed by atoms with Crippen molar-refractivity contribution < 1.29 is 9.53 Å². The molecule has 1 amide bonds. The largest absolute Gasteiger partial charge is 0.492 e. The summed E-state index contributed by atoms with van der Waals surface area (Å²) in [6, 6.07) is 28.8. The lowest BCUT2D eigenvalue weighted by Gasteiger charge is -2.39. The average Bonchev–Trinajstić information content (AvgIpc) is 2.82. The number of benzene rings is 3. The third kappa shape index (κ3) is 5.51. The fourth-order valence-electron chi connectivity index (χ4n) is 4.14. The maximum Gasteiger partial charge on any atom is 0.248 e. The first-order valence-electron chi connectivity index (χ1n) is 10.8. The Morgan fingerprint density at radius 3 is 1.87 bits per heavy atom. The molecule has 5 heteroatoms. The Bertz CT molecular complexity index is 913. The zero-order valence-electron chi connectivity index (χ0n) is 17.7. The Kier molecular flexibility index (Phi) is 6.97. The Morgan fingerprint density at radius 2 is 1.35 bits per heavy atom. The monoisotopic (exact) mass is 415 g/mol. The number of hydrogen-bond donors (Lipinski definition) is 1. The van der Waals surface area contributed by atoms with Crippen LogP contribution < -0.4 is 10.5 Å². The molecule has 160 valence electrons. The van der Waals surface area contributed by atoms with Crippen molar-refractivity contribution in [2.75, 3.05) is 39.3 Å². The first-order chi connectivity index (χ1) is 15.2. The van der Waals surface area contributed by atoms with Gasteiger partial charge < -0.3 is 10.5 Å². The van der Waals surface area contributed by atoms with Crippen molar-refractivity contribution in [3.8, 4) is 5.75 Å². The summed E-state index contributed by atoms with van der Waals surface area (Å²) in [5.74, 6) is 0.339. The molecule has 0 aliphatic carbocycles. The van der Waals surface area contributed by atoms with E-state index in [0.29, 0.717) is 12.2 Å². The minimum absolute atomic E-state index is 0.282. The maximum absolute atomic E-state index is 11.2. The number of nitrogens with two attached hydrogens (primary N) is 1. The quantitative estimate of drug-likeness (QED) is 0.611. The van der Waals surface area contributed by atoms with E-state index in [9.17, 15) is 4.79 Å². The van der Waals surface area contributed by atoms with Gasteiger partial charge >= 0.3 is 0 Å². The van der Waals surface area contributed by atoms with Crippen molar-refractivity contribution in [3.05, 3.63) is 102 Å². The van der Waals surface area contributed by atoms with Gasteiger partial charge in [0, 0.05) is 38.3 Å². The first kappa shape index (κ1) is 21.1. The van der Waals surface area contributed by atoms with Crippen LogP contribution in [0.5, 0.6) is 5.75 Å². The fourth-order valence-corrected chi connectivity index (χ4v) is 4.14. The van der Waals surface area contributed by atoms with Crippen LogP contribution in [0.25, 0.3) is 0 Å². The van der Waals surface area contributed by atoms with Crippen LogP contribution in [-0.2, 0) is 0 Å². The smallest absolute Gasteiger partial charge is 0.248 e. The topological polar surface area (TPSA) is 58.8 Å². The first-order valence-corrected chi connectivity index (χ1v) is 10.8. The van der Waals surface area contributed by atoms with Crippen molar-refractivity contribution in [1.29, 1.82) is 0 Å². The molecular weight excluding hydrogens is 386 g/mol. The zero-order chi connectivity index (χ0) is 21.5. The molecule has 0 bridgehead atoms. The van der Waals surface area contributed by atoms with Gasteiger partial charge in [0.2, 0.25) is 5.91 Å². The summed E-state index contributed by atoms with van der Waals surface area (Å²) in [6.45, 7) is 5.56. The second-order valence-corrected chi connectivity index (χ2v) is 7.84. The molecule has 3 aromatic carbocycles. The van der Waals surface area contributed by atoms with Gasteiger partial charge in [-0.1, -0.05) is 60.7 Å². The average molecular weight is 416 g/mol. The van der Waals surface area contributed by atoms with E-state index >= 15 is 0 Å². The van der Waals surface area contributed by atoms with Gasteiger partial charge in [-0.05, 0) is 35.4 Å². The fraction of sp³-hybridized carbons (Fsp3) is 0.269. The highest BCUT2D eigenvalue weighted by atomic mass is 16.5. The molecule has 2 N–H and O–H groups in total. The molecule has 0 atom stereocenters. The molecule has 4 rings (SSSR count). The molecular formula is C26H29N3O2. The molecule has 1 saturated heterocycles. The summed E-state index contributed by atoms with van der Waals surface area (Å²) in [5.41, 5.74) is 8.45. The summed E-state index contributed by atoms with van der Waals surface area (Å²) in [6.07, 6.45) is 0. The van der Waals surface area contributed by atoms with Crippen molar-refractivity contribution in [2.45, 2.75) is 6.04 Å². The number of ether oxygens (including phenoxy) is 1. The van der Waals surface area contributed by atoms with E-state index in [1.807, 2.05) is 0 Å². The minimum atomic E-state index is -0.422. The second-order valence-electron chi connectivity index (χ2n) is 7.84. The Morgan fingerprint density at radius 1 is 0.806 bits per heavy atom. The molecule has 0 saturated carbocycles. The molecule has 1 heterocycles. The van der Waals surface area contributed by atoms with Crippen molar-refractivity contribution in [3.63, 3.8) is 0 Å². The number of hydrogen-bond acceptors (Lipinski definition) is 4. The van der Waals surface area contributed by atoms with Crippen LogP contribution in [0.2, 0.25) is 0 Å². The zero-order valence-corrected chi connectivity index (χ0v) is 17.7. The van der Waals surface area contributed by atoms with E-state index in [0.717, 1.165) is 38.5 Å².